The lowest BCUT2D eigenvalue weighted by molar-refractivity contribution is -0.179. The summed E-state index contributed by atoms with van der Waals surface area (Å²) in [6.07, 6.45) is 1.13. The minimum absolute atomic E-state index is 0.324. The third-order valence-corrected chi connectivity index (χ3v) is 2.20. The summed E-state index contributed by atoms with van der Waals surface area (Å²) in [6.45, 7) is 0. The Bertz CT molecular complexity index is 375. The number of nitrogens with zero attached hydrogens (tertiary/aromatic N) is 1. The van der Waals surface area contributed by atoms with Crippen molar-refractivity contribution in [3.8, 4) is 0 Å². The second-order valence-electron chi connectivity index (χ2n) is 3.14. The molecule has 0 radical (unpaired) electrons. The molecule has 0 aliphatic carbocycles. The van der Waals surface area contributed by atoms with Gasteiger partial charge in [-0.25, -0.2) is 9.59 Å². The van der Waals surface area contributed by atoms with Crippen LogP contribution < -0.4 is 0 Å². The molecule has 0 saturated carbocycles. The van der Waals surface area contributed by atoms with Gasteiger partial charge in [0, 0.05) is 25.4 Å². The van der Waals surface area contributed by atoms with E-state index in [1.807, 2.05) is 0 Å². The minimum Gasteiger partial charge on any atom is -0.479 e. The molecule has 6 heteroatoms. The van der Waals surface area contributed by atoms with Crippen molar-refractivity contribution in [2.45, 2.75) is 12.0 Å². The highest BCUT2D eigenvalue weighted by molar-refractivity contribution is 6.02. The lowest BCUT2D eigenvalue weighted by Gasteiger charge is -2.22. The van der Waals surface area contributed by atoms with Crippen molar-refractivity contribution in [3.05, 3.63) is 30.1 Å². The first kappa shape index (κ1) is 12.1. The largest absolute Gasteiger partial charge is 0.479 e. The molecule has 6 nitrogen and oxygen atoms in total. The highest BCUT2D eigenvalue weighted by Crippen LogP contribution is 2.17. The van der Waals surface area contributed by atoms with Crippen LogP contribution >= 0.6 is 0 Å². The fourth-order valence-electron chi connectivity index (χ4n) is 1.25. The van der Waals surface area contributed by atoms with Gasteiger partial charge in [-0.15, -0.1) is 0 Å². The number of rotatable bonds is 5. The highest BCUT2D eigenvalue weighted by Gasteiger charge is 2.47. The van der Waals surface area contributed by atoms with E-state index < -0.39 is 17.5 Å². The third-order valence-electron chi connectivity index (χ3n) is 2.20. The van der Waals surface area contributed by atoms with Crippen molar-refractivity contribution in [2.75, 3.05) is 7.11 Å². The number of methoxy groups -OCH3 is 1. The van der Waals surface area contributed by atoms with Gasteiger partial charge in [-0.1, -0.05) is 6.07 Å². The van der Waals surface area contributed by atoms with Crippen molar-refractivity contribution in [2.24, 2.45) is 0 Å². The van der Waals surface area contributed by atoms with Crippen LogP contribution in [0.25, 0.3) is 0 Å². The van der Waals surface area contributed by atoms with Crippen LogP contribution in [0.2, 0.25) is 0 Å². The Morgan fingerprint density at radius 3 is 2.38 bits per heavy atom. The molecule has 0 spiro atoms. The monoisotopic (exact) mass is 225 g/mol. The number of carboxylic acid groups (broad SMARTS) is 2. The van der Waals surface area contributed by atoms with Gasteiger partial charge in [-0.2, -0.15) is 0 Å². The second kappa shape index (κ2) is 4.71. The van der Waals surface area contributed by atoms with E-state index in [2.05, 4.69) is 9.72 Å². The number of carbonyl (C=O) groups is 2. The average Bonchev–Trinajstić information content (AvgIpc) is 2.26. The van der Waals surface area contributed by atoms with Gasteiger partial charge >= 0.3 is 11.9 Å². The average molecular weight is 225 g/mol. The predicted octanol–water partition coefficient (Wildman–Crippen LogP) is 0.178. The maximum absolute atomic E-state index is 11.0. The molecule has 16 heavy (non-hydrogen) atoms. The number of aliphatic carboxylic acids is 2. The van der Waals surface area contributed by atoms with E-state index in [1.165, 1.54) is 6.20 Å². The van der Waals surface area contributed by atoms with Crippen molar-refractivity contribution in [1.82, 2.24) is 4.98 Å². The maximum atomic E-state index is 11.0. The van der Waals surface area contributed by atoms with E-state index in [-0.39, 0.29) is 6.42 Å². The first-order valence-electron chi connectivity index (χ1n) is 4.45. The van der Waals surface area contributed by atoms with Gasteiger partial charge in [-0.05, 0) is 12.1 Å². The first-order valence-corrected chi connectivity index (χ1v) is 4.45. The standard InChI is InChI=1S/C10H11NO5/c1-16-10(8(12)13,9(14)15)6-7-4-2-3-5-11-7/h2-5H,6H2,1H3,(H,12,13)(H,14,15). The number of aromatic nitrogens is 1. The zero-order valence-corrected chi connectivity index (χ0v) is 8.58. The SMILES string of the molecule is COC(Cc1ccccn1)(C(=O)O)C(=O)O. The minimum atomic E-state index is -2.28. The van der Waals surface area contributed by atoms with Gasteiger partial charge in [0.25, 0.3) is 5.60 Å². The van der Waals surface area contributed by atoms with Crippen LogP contribution in [0.4, 0.5) is 0 Å². The van der Waals surface area contributed by atoms with Gasteiger partial charge in [0.05, 0.1) is 0 Å². The van der Waals surface area contributed by atoms with Gasteiger partial charge in [0.1, 0.15) is 0 Å². The van der Waals surface area contributed by atoms with Crippen molar-refractivity contribution < 1.29 is 24.5 Å². The summed E-state index contributed by atoms with van der Waals surface area (Å²) < 4.78 is 4.63. The van der Waals surface area contributed by atoms with Crippen LogP contribution in [-0.2, 0) is 20.7 Å². The molecule has 1 aromatic rings. The summed E-state index contributed by atoms with van der Waals surface area (Å²) in [5.41, 5.74) is -1.94. The fourth-order valence-corrected chi connectivity index (χ4v) is 1.25. The number of pyridine rings is 1. The smallest absolute Gasteiger partial charge is 0.348 e. The quantitative estimate of drug-likeness (QED) is 0.694. The summed E-state index contributed by atoms with van der Waals surface area (Å²) in [7, 11) is 1.05. The molecule has 0 aliphatic heterocycles. The molecule has 0 aliphatic rings. The van der Waals surface area contributed by atoms with E-state index in [0.29, 0.717) is 5.69 Å². The Balaban J connectivity index is 3.04. The van der Waals surface area contributed by atoms with Gasteiger partial charge < -0.3 is 14.9 Å². The lowest BCUT2D eigenvalue weighted by Crippen LogP contribution is -2.50. The van der Waals surface area contributed by atoms with Gasteiger partial charge in [0.2, 0.25) is 0 Å². The number of hydrogen-bond donors (Lipinski definition) is 2. The molecule has 0 atom stereocenters. The van der Waals surface area contributed by atoms with Crippen LogP contribution in [0, 0.1) is 0 Å². The van der Waals surface area contributed by atoms with E-state index in [9.17, 15) is 9.59 Å². The van der Waals surface area contributed by atoms with E-state index in [4.69, 9.17) is 10.2 Å². The summed E-state index contributed by atoms with van der Waals surface area (Å²) in [4.78, 5) is 25.8. The normalized spacial score (nSPS) is 11.1. The lowest BCUT2D eigenvalue weighted by atomic mass is 9.97. The highest BCUT2D eigenvalue weighted by atomic mass is 16.5. The van der Waals surface area contributed by atoms with Crippen LogP contribution in [-0.4, -0.2) is 39.8 Å². The van der Waals surface area contributed by atoms with E-state index in [1.54, 1.807) is 18.2 Å². The molecule has 0 amide bonds. The van der Waals surface area contributed by atoms with Crippen LogP contribution in [0.3, 0.4) is 0 Å². The van der Waals surface area contributed by atoms with Crippen LogP contribution in [0.15, 0.2) is 24.4 Å². The summed E-state index contributed by atoms with van der Waals surface area (Å²) in [5, 5.41) is 17.8. The summed E-state index contributed by atoms with van der Waals surface area (Å²) >= 11 is 0. The molecule has 2 N–H and O–H groups in total. The molecule has 0 unspecified atom stereocenters. The number of carboxylic acids is 2. The zero-order valence-electron chi connectivity index (χ0n) is 8.58. The topological polar surface area (TPSA) is 96.7 Å². The Hall–Kier alpha value is -1.95. The predicted molar refractivity (Wildman–Crippen MR) is 53.0 cm³/mol. The first-order chi connectivity index (χ1) is 7.53. The van der Waals surface area contributed by atoms with Crippen LogP contribution in [0.1, 0.15) is 5.69 Å². The van der Waals surface area contributed by atoms with Gasteiger partial charge in [-0.3, -0.25) is 4.98 Å². The maximum Gasteiger partial charge on any atom is 0.348 e. The molecular weight excluding hydrogens is 214 g/mol. The Labute approximate surface area is 91.5 Å². The van der Waals surface area contributed by atoms with E-state index in [0.717, 1.165) is 7.11 Å². The molecule has 0 fully saturated rings. The Kier molecular flexibility index (Phi) is 3.57. The number of hydrogen-bond acceptors (Lipinski definition) is 4. The Morgan fingerprint density at radius 2 is 2.00 bits per heavy atom. The van der Waals surface area contributed by atoms with Crippen LogP contribution in [0.5, 0.6) is 0 Å². The molecule has 0 aromatic carbocycles. The fraction of sp³-hybridized carbons (Fsp3) is 0.300. The molecular formula is C10H11NO5. The Morgan fingerprint density at radius 1 is 1.38 bits per heavy atom. The number of ether oxygens (including phenoxy) is 1. The molecule has 1 heterocycles. The molecule has 0 saturated heterocycles. The van der Waals surface area contributed by atoms with E-state index >= 15 is 0 Å². The summed E-state index contributed by atoms with van der Waals surface area (Å²) in [5.74, 6) is -3.10. The van der Waals surface area contributed by atoms with Crippen molar-refractivity contribution in [3.63, 3.8) is 0 Å². The second-order valence-corrected chi connectivity index (χ2v) is 3.14. The zero-order chi connectivity index (χ0) is 12.2. The van der Waals surface area contributed by atoms with Crippen molar-refractivity contribution in [1.29, 1.82) is 0 Å². The molecule has 0 bridgehead atoms. The molecule has 1 aromatic heterocycles. The van der Waals surface area contributed by atoms with Gasteiger partial charge in [0.15, 0.2) is 0 Å². The molecule has 86 valence electrons. The third kappa shape index (κ3) is 2.17. The van der Waals surface area contributed by atoms with Crippen molar-refractivity contribution >= 4 is 11.9 Å². The summed E-state index contributed by atoms with van der Waals surface area (Å²) in [6, 6.07) is 4.84. The molecule has 1 rings (SSSR count).